The van der Waals surface area contributed by atoms with Crippen molar-refractivity contribution in [2.45, 2.75) is 52.0 Å². The fourth-order valence-corrected chi connectivity index (χ4v) is 1.39. The van der Waals surface area contributed by atoms with E-state index in [1.54, 1.807) is 0 Å². The molecule has 0 radical (unpaired) electrons. The molecule has 0 heterocycles. The summed E-state index contributed by atoms with van der Waals surface area (Å²) in [6, 6.07) is 0. The minimum absolute atomic E-state index is 0.180. The van der Waals surface area contributed by atoms with Crippen LogP contribution in [0.25, 0.3) is 0 Å². The fourth-order valence-electron chi connectivity index (χ4n) is 1.39. The lowest BCUT2D eigenvalue weighted by Gasteiger charge is -2.26. The molecule has 0 aliphatic rings. The minimum Gasteiger partial charge on any atom is -0.466 e. The molecule has 3 nitrogen and oxygen atoms in total. The number of carbonyl (C=O) groups excluding carboxylic acids is 1. The van der Waals surface area contributed by atoms with Gasteiger partial charge in [0.25, 0.3) is 0 Å². The second kappa shape index (κ2) is 5.97. The molecule has 0 spiro atoms. The number of esters is 1. The Balaban J connectivity index is 4.02. The molecule has 0 amide bonds. The van der Waals surface area contributed by atoms with E-state index in [0.29, 0.717) is 13.0 Å². The van der Waals surface area contributed by atoms with E-state index in [4.69, 9.17) is 10.5 Å². The molecule has 0 aliphatic carbocycles. The van der Waals surface area contributed by atoms with Crippen LogP contribution >= 0.6 is 0 Å². The number of hydrogen-bond acceptors (Lipinski definition) is 3. The number of hydrogen-bond donors (Lipinski definition) is 1. The van der Waals surface area contributed by atoms with Crippen molar-refractivity contribution in [3.63, 3.8) is 0 Å². The number of nitrogens with two attached hydrogens (primary N) is 1. The van der Waals surface area contributed by atoms with Crippen LogP contribution in [0.15, 0.2) is 0 Å². The number of carbonyl (C=O) groups is 1. The molecule has 78 valence electrons. The second-order valence-corrected chi connectivity index (χ2v) is 3.45. The standard InChI is InChI=1S/C10H21NO2/c1-4-7-10(11,5-2)8-9(12)13-6-3/h4-8,11H2,1-3H3. The van der Waals surface area contributed by atoms with Crippen molar-refractivity contribution >= 4 is 5.97 Å². The zero-order valence-electron chi connectivity index (χ0n) is 8.93. The predicted molar refractivity (Wildman–Crippen MR) is 53.4 cm³/mol. The molecule has 0 saturated heterocycles. The maximum absolute atomic E-state index is 11.2. The summed E-state index contributed by atoms with van der Waals surface area (Å²) in [6.45, 7) is 6.32. The van der Waals surface area contributed by atoms with Crippen molar-refractivity contribution in [1.82, 2.24) is 0 Å². The smallest absolute Gasteiger partial charge is 0.307 e. The molecule has 3 heteroatoms. The zero-order chi connectivity index (χ0) is 10.3. The maximum Gasteiger partial charge on any atom is 0.307 e. The van der Waals surface area contributed by atoms with Crippen LogP contribution in [0.4, 0.5) is 0 Å². The SMILES string of the molecule is CCCC(N)(CC)CC(=O)OCC. The monoisotopic (exact) mass is 187 g/mol. The Morgan fingerprint density at radius 3 is 2.38 bits per heavy atom. The van der Waals surface area contributed by atoms with Gasteiger partial charge in [-0.25, -0.2) is 0 Å². The van der Waals surface area contributed by atoms with Crippen LogP contribution in [0.2, 0.25) is 0 Å². The van der Waals surface area contributed by atoms with E-state index in [1.807, 2.05) is 13.8 Å². The van der Waals surface area contributed by atoms with Gasteiger partial charge in [-0.1, -0.05) is 20.3 Å². The first-order chi connectivity index (χ1) is 6.08. The third kappa shape index (κ3) is 4.88. The molecule has 0 aliphatic heterocycles. The van der Waals surface area contributed by atoms with E-state index in [0.717, 1.165) is 19.3 Å². The first kappa shape index (κ1) is 12.4. The van der Waals surface area contributed by atoms with Crippen LogP contribution in [-0.4, -0.2) is 18.1 Å². The first-order valence-corrected chi connectivity index (χ1v) is 5.02. The van der Waals surface area contributed by atoms with Crippen molar-refractivity contribution in [2.24, 2.45) is 5.73 Å². The average Bonchev–Trinajstić information content (AvgIpc) is 2.05. The molecule has 0 aromatic rings. The van der Waals surface area contributed by atoms with Crippen molar-refractivity contribution in [2.75, 3.05) is 6.61 Å². The average molecular weight is 187 g/mol. The summed E-state index contributed by atoms with van der Waals surface area (Å²) in [6.07, 6.45) is 3.04. The van der Waals surface area contributed by atoms with E-state index in [-0.39, 0.29) is 11.5 Å². The van der Waals surface area contributed by atoms with Crippen LogP contribution in [-0.2, 0) is 9.53 Å². The molecule has 0 rings (SSSR count). The molecular formula is C10H21NO2. The van der Waals surface area contributed by atoms with Crippen molar-refractivity contribution < 1.29 is 9.53 Å². The van der Waals surface area contributed by atoms with Crippen molar-refractivity contribution in [3.8, 4) is 0 Å². The Kier molecular flexibility index (Phi) is 5.71. The summed E-state index contributed by atoms with van der Waals surface area (Å²) in [5.74, 6) is -0.180. The molecular weight excluding hydrogens is 166 g/mol. The zero-order valence-corrected chi connectivity index (χ0v) is 8.93. The van der Waals surface area contributed by atoms with E-state index < -0.39 is 0 Å². The van der Waals surface area contributed by atoms with Crippen LogP contribution < -0.4 is 5.73 Å². The van der Waals surface area contributed by atoms with Crippen molar-refractivity contribution in [3.05, 3.63) is 0 Å². The summed E-state index contributed by atoms with van der Waals surface area (Å²) in [4.78, 5) is 11.2. The van der Waals surface area contributed by atoms with Crippen LogP contribution in [0.5, 0.6) is 0 Å². The largest absolute Gasteiger partial charge is 0.466 e. The van der Waals surface area contributed by atoms with E-state index in [2.05, 4.69) is 6.92 Å². The molecule has 0 aromatic heterocycles. The predicted octanol–water partition coefficient (Wildman–Crippen LogP) is 1.85. The van der Waals surface area contributed by atoms with Crippen LogP contribution in [0.3, 0.4) is 0 Å². The highest BCUT2D eigenvalue weighted by Gasteiger charge is 2.25. The van der Waals surface area contributed by atoms with Gasteiger partial charge in [-0.2, -0.15) is 0 Å². The second-order valence-electron chi connectivity index (χ2n) is 3.45. The Labute approximate surface area is 80.6 Å². The minimum atomic E-state index is -0.360. The summed E-state index contributed by atoms with van der Waals surface area (Å²) in [5.41, 5.74) is 5.68. The van der Waals surface area contributed by atoms with Gasteiger partial charge in [0.05, 0.1) is 13.0 Å². The maximum atomic E-state index is 11.2. The van der Waals surface area contributed by atoms with Gasteiger partial charge in [0, 0.05) is 5.54 Å². The lowest BCUT2D eigenvalue weighted by atomic mass is 9.88. The Hall–Kier alpha value is -0.570. The quantitative estimate of drug-likeness (QED) is 0.646. The molecule has 1 unspecified atom stereocenters. The third-order valence-corrected chi connectivity index (χ3v) is 2.25. The van der Waals surface area contributed by atoms with Gasteiger partial charge in [0.15, 0.2) is 0 Å². The van der Waals surface area contributed by atoms with E-state index in [9.17, 15) is 4.79 Å². The highest BCUT2D eigenvalue weighted by Crippen LogP contribution is 2.18. The number of rotatable bonds is 6. The fraction of sp³-hybridized carbons (Fsp3) is 0.900. The topological polar surface area (TPSA) is 52.3 Å². The highest BCUT2D eigenvalue weighted by atomic mass is 16.5. The van der Waals surface area contributed by atoms with E-state index in [1.165, 1.54) is 0 Å². The molecule has 1 atom stereocenters. The Morgan fingerprint density at radius 1 is 1.38 bits per heavy atom. The summed E-state index contributed by atoms with van der Waals surface area (Å²) in [7, 11) is 0. The van der Waals surface area contributed by atoms with Gasteiger partial charge in [0.2, 0.25) is 0 Å². The van der Waals surface area contributed by atoms with Crippen molar-refractivity contribution in [1.29, 1.82) is 0 Å². The third-order valence-electron chi connectivity index (χ3n) is 2.25. The van der Waals surface area contributed by atoms with Crippen LogP contribution in [0, 0.1) is 0 Å². The first-order valence-electron chi connectivity index (χ1n) is 5.02. The van der Waals surface area contributed by atoms with Crippen LogP contribution in [0.1, 0.15) is 46.5 Å². The Bertz CT molecular complexity index is 159. The lowest BCUT2D eigenvalue weighted by Crippen LogP contribution is -2.41. The molecule has 13 heavy (non-hydrogen) atoms. The summed E-state index contributed by atoms with van der Waals surface area (Å²) in [5, 5.41) is 0. The molecule has 0 saturated carbocycles. The Morgan fingerprint density at radius 2 is 2.00 bits per heavy atom. The highest BCUT2D eigenvalue weighted by molar-refractivity contribution is 5.70. The van der Waals surface area contributed by atoms with Gasteiger partial charge in [-0.05, 0) is 19.8 Å². The normalized spacial score (nSPS) is 15.1. The molecule has 2 N–H and O–H groups in total. The van der Waals surface area contributed by atoms with Gasteiger partial charge >= 0.3 is 5.97 Å². The van der Waals surface area contributed by atoms with E-state index >= 15 is 0 Å². The molecule has 0 fully saturated rings. The molecule has 0 aromatic carbocycles. The summed E-state index contributed by atoms with van der Waals surface area (Å²) >= 11 is 0. The van der Waals surface area contributed by atoms with Gasteiger partial charge in [-0.15, -0.1) is 0 Å². The number of ether oxygens (including phenoxy) is 1. The van der Waals surface area contributed by atoms with Gasteiger partial charge in [0.1, 0.15) is 0 Å². The molecule has 0 bridgehead atoms. The van der Waals surface area contributed by atoms with Gasteiger partial charge in [-0.3, -0.25) is 4.79 Å². The lowest BCUT2D eigenvalue weighted by molar-refractivity contribution is -0.144. The van der Waals surface area contributed by atoms with Gasteiger partial charge < -0.3 is 10.5 Å². The summed E-state index contributed by atoms with van der Waals surface area (Å²) < 4.78 is 4.87.